The Hall–Kier alpha value is -1.78. The monoisotopic (exact) mass is 251 g/mol. The highest BCUT2D eigenvalue weighted by Gasteiger charge is 2.17. The number of aromatic nitrogens is 1. The second-order valence-corrected chi connectivity index (χ2v) is 5.16. The lowest BCUT2D eigenvalue weighted by molar-refractivity contribution is 0.0635. The van der Waals surface area contributed by atoms with Crippen LogP contribution in [0.15, 0.2) is 6.07 Å². The smallest absolute Gasteiger partial charge is 0.413 e. The molecule has 0 atom stereocenters. The minimum absolute atomic E-state index is 0.494. The summed E-state index contributed by atoms with van der Waals surface area (Å²) < 4.78 is 5.17. The summed E-state index contributed by atoms with van der Waals surface area (Å²) in [6.07, 6.45) is -0.494. The molecule has 0 fully saturated rings. The number of aryl methyl sites for hydroxylation is 2. The normalized spacial score (nSPS) is 11.0. The quantitative estimate of drug-likeness (QED) is 0.847. The molecule has 5 heteroatoms. The van der Waals surface area contributed by atoms with Gasteiger partial charge in [0.25, 0.3) is 0 Å². The number of nitrogens with zero attached hydrogens (tertiary/aromatic N) is 1. The van der Waals surface area contributed by atoms with Crippen molar-refractivity contribution in [1.82, 2.24) is 4.98 Å². The van der Waals surface area contributed by atoms with Crippen LogP contribution in [0.2, 0.25) is 0 Å². The van der Waals surface area contributed by atoms with E-state index in [2.05, 4.69) is 15.6 Å². The van der Waals surface area contributed by atoms with E-state index in [0.29, 0.717) is 5.82 Å². The number of ether oxygens (including phenoxy) is 1. The molecule has 0 aliphatic heterocycles. The van der Waals surface area contributed by atoms with E-state index in [1.165, 1.54) is 0 Å². The Bertz CT molecular complexity index is 427. The van der Waals surface area contributed by atoms with Gasteiger partial charge in [-0.15, -0.1) is 0 Å². The Morgan fingerprint density at radius 2 is 1.94 bits per heavy atom. The van der Waals surface area contributed by atoms with E-state index in [4.69, 9.17) is 4.74 Å². The molecule has 1 heterocycles. The molecule has 18 heavy (non-hydrogen) atoms. The van der Waals surface area contributed by atoms with Gasteiger partial charge in [0.05, 0.1) is 11.4 Å². The zero-order chi connectivity index (χ0) is 13.9. The van der Waals surface area contributed by atoms with Gasteiger partial charge >= 0.3 is 6.09 Å². The van der Waals surface area contributed by atoms with Crippen molar-refractivity contribution >= 4 is 17.6 Å². The van der Waals surface area contributed by atoms with Crippen molar-refractivity contribution in [2.24, 2.45) is 0 Å². The maximum Gasteiger partial charge on any atom is 0.413 e. The summed E-state index contributed by atoms with van der Waals surface area (Å²) >= 11 is 0. The number of hydrogen-bond donors (Lipinski definition) is 2. The highest BCUT2D eigenvalue weighted by Crippen LogP contribution is 2.21. The molecule has 1 rings (SSSR count). The lowest BCUT2D eigenvalue weighted by Gasteiger charge is -2.20. The van der Waals surface area contributed by atoms with Crippen LogP contribution in [-0.4, -0.2) is 23.7 Å². The first kappa shape index (κ1) is 14.3. The number of nitrogens with one attached hydrogen (secondary N) is 2. The molecule has 5 nitrogen and oxygen atoms in total. The van der Waals surface area contributed by atoms with E-state index in [9.17, 15) is 4.79 Å². The summed E-state index contributed by atoms with van der Waals surface area (Å²) in [5.74, 6) is 0.498. The van der Waals surface area contributed by atoms with Gasteiger partial charge in [-0.3, -0.25) is 5.32 Å². The molecule has 1 aromatic heterocycles. The Balaban J connectivity index is 2.83. The Kier molecular flexibility index (Phi) is 4.16. The fourth-order valence-corrected chi connectivity index (χ4v) is 1.68. The predicted molar refractivity (Wildman–Crippen MR) is 73.1 cm³/mol. The Labute approximate surface area is 108 Å². The van der Waals surface area contributed by atoms with E-state index >= 15 is 0 Å². The maximum atomic E-state index is 11.6. The summed E-state index contributed by atoms with van der Waals surface area (Å²) in [5, 5.41) is 5.71. The van der Waals surface area contributed by atoms with Crippen LogP contribution >= 0.6 is 0 Å². The SMILES string of the molecule is CNc1c(C)cc(NC(=O)OC(C)(C)C)nc1C. The fourth-order valence-electron chi connectivity index (χ4n) is 1.68. The lowest BCUT2D eigenvalue weighted by Crippen LogP contribution is -2.27. The zero-order valence-corrected chi connectivity index (χ0v) is 11.8. The van der Waals surface area contributed by atoms with Crippen LogP contribution < -0.4 is 10.6 Å². The lowest BCUT2D eigenvalue weighted by atomic mass is 10.2. The molecule has 0 spiro atoms. The van der Waals surface area contributed by atoms with Crippen molar-refractivity contribution in [3.63, 3.8) is 0 Å². The first-order valence-corrected chi connectivity index (χ1v) is 5.89. The van der Waals surface area contributed by atoms with Gasteiger partial charge < -0.3 is 10.1 Å². The highest BCUT2D eigenvalue weighted by atomic mass is 16.6. The number of hydrogen-bond acceptors (Lipinski definition) is 4. The summed E-state index contributed by atoms with van der Waals surface area (Å²) in [5.41, 5.74) is 2.32. The molecular formula is C13H21N3O2. The average molecular weight is 251 g/mol. The van der Waals surface area contributed by atoms with Gasteiger partial charge in [0, 0.05) is 7.05 Å². The van der Waals surface area contributed by atoms with Crippen LogP contribution in [0.3, 0.4) is 0 Å². The molecule has 100 valence electrons. The average Bonchev–Trinajstić information content (AvgIpc) is 2.13. The third-order valence-electron chi connectivity index (χ3n) is 2.28. The van der Waals surface area contributed by atoms with Gasteiger partial charge in [0.1, 0.15) is 11.4 Å². The number of amides is 1. The maximum absolute atomic E-state index is 11.6. The van der Waals surface area contributed by atoms with Crippen LogP contribution in [0.5, 0.6) is 0 Å². The second-order valence-electron chi connectivity index (χ2n) is 5.16. The number of carbonyl (C=O) groups excluding carboxylic acids is 1. The van der Waals surface area contributed by atoms with Crippen LogP contribution in [0.1, 0.15) is 32.0 Å². The Morgan fingerprint density at radius 3 is 2.39 bits per heavy atom. The summed E-state index contributed by atoms with van der Waals surface area (Å²) in [6, 6.07) is 1.81. The van der Waals surface area contributed by atoms with Crippen molar-refractivity contribution in [2.75, 3.05) is 17.7 Å². The van der Waals surface area contributed by atoms with Crippen molar-refractivity contribution in [3.8, 4) is 0 Å². The summed E-state index contributed by atoms with van der Waals surface area (Å²) in [4.78, 5) is 15.9. The molecule has 0 unspecified atom stereocenters. The first-order valence-electron chi connectivity index (χ1n) is 5.89. The standard InChI is InChI=1S/C13H21N3O2/c1-8-7-10(15-9(2)11(8)14-6)16-12(17)18-13(3,4)5/h7,14H,1-6H3,(H,15,16,17). The molecule has 1 amide bonds. The molecule has 0 aromatic carbocycles. The minimum Gasteiger partial charge on any atom is -0.444 e. The summed E-state index contributed by atoms with van der Waals surface area (Å²) in [7, 11) is 1.85. The van der Waals surface area contributed by atoms with Gasteiger partial charge in [-0.25, -0.2) is 9.78 Å². The second kappa shape index (κ2) is 5.25. The van der Waals surface area contributed by atoms with Crippen molar-refractivity contribution < 1.29 is 9.53 Å². The molecule has 0 saturated carbocycles. The van der Waals surface area contributed by atoms with E-state index in [1.807, 2.05) is 47.7 Å². The van der Waals surface area contributed by atoms with E-state index in [-0.39, 0.29) is 0 Å². The van der Waals surface area contributed by atoms with Crippen LogP contribution in [0.4, 0.5) is 16.3 Å². The predicted octanol–water partition coefficient (Wildman–Crippen LogP) is 3.09. The van der Waals surface area contributed by atoms with Crippen LogP contribution in [0, 0.1) is 13.8 Å². The number of rotatable bonds is 2. The molecular weight excluding hydrogens is 230 g/mol. The van der Waals surface area contributed by atoms with Crippen LogP contribution in [-0.2, 0) is 4.74 Å². The molecule has 0 aliphatic carbocycles. The van der Waals surface area contributed by atoms with Crippen molar-refractivity contribution in [1.29, 1.82) is 0 Å². The van der Waals surface area contributed by atoms with Gasteiger partial charge in [-0.05, 0) is 46.2 Å². The summed E-state index contributed by atoms with van der Waals surface area (Å²) in [6.45, 7) is 9.31. The molecule has 0 aliphatic rings. The van der Waals surface area contributed by atoms with Crippen molar-refractivity contribution in [3.05, 3.63) is 17.3 Å². The van der Waals surface area contributed by atoms with Gasteiger partial charge in [0.15, 0.2) is 0 Å². The number of pyridine rings is 1. The third-order valence-corrected chi connectivity index (χ3v) is 2.28. The van der Waals surface area contributed by atoms with Gasteiger partial charge in [-0.1, -0.05) is 0 Å². The molecule has 2 N–H and O–H groups in total. The van der Waals surface area contributed by atoms with E-state index < -0.39 is 11.7 Å². The first-order chi connectivity index (χ1) is 8.23. The topological polar surface area (TPSA) is 63.2 Å². The fraction of sp³-hybridized carbons (Fsp3) is 0.538. The largest absolute Gasteiger partial charge is 0.444 e. The molecule has 0 radical (unpaired) electrons. The Morgan fingerprint density at radius 1 is 1.33 bits per heavy atom. The molecule has 0 saturated heterocycles. The molecule has 1 aromatic rings. The van der Waals surface area contributed by atoms with Gasteiger partial charge in [0.2, 0.25) is 0 Å². The van der Waals surface area contributed by atoms with Gasteiger partial charge in [-0.2, -0.15) is 0 Å². The highest BCUT2D eigenvalue weighted by molar-refractivity contribution is 5.84. The van der Waals surface area contributed by atoms with E-state index in [0.717, 1.165) is 16.9 Å². The van der Waals surface area contributed by atoms with Crippen molar-refractivity contribution in [2.45, 2.75) is 40.2 Å². The third kappa shape index (κ3) is 3.91. The number of carbonyl (C=O) groups is 1. The van der Waals surface area contributed by atoms with E-state index in [1.54, 1.807) is 0 Å². The van der Waals surface area contributed by atoms with Crippen LogP contribution in [0.25, 0.3) is 0 Å². The number of anilines is 2. The molecule has 0 bridgehead atoms. The minimum atomic E-state index is -0.515. The zero-order valence-electron chi connectivity index (χ0n) is 11.8.